The first-order valence-electron chi connectivity index (χ1n) is 9.76. The van der Waals surface area contributed by atoms with E-state index in [1.54, 1.807) is 0 Å². The molecule has 0 saturated heterocycles. The molecule has 0 N–H and O–H groups in total. The van der Waals surface area contributed by atoms with Gasteiger partial charge in [-0.1, -0.05) is 36.4 Å². The van der Waals surface area contributed by atoms with Crippen molar-refractivity contribution in [2.75, 3.05) is 13.2 Å². The summed E-state index contributed by atoms with van der Waals surface area (Å²) in [7, 11) is 0. The van der Waals surface area contributed by atoms with Crippen molar-refractivity contribution in [1.82, 2.24) is 0 Å². The minimum atomic E-state index is 0.897. The first-order chi connectivity index (χ1) is 12.1. The van der Waals surface area contributed by atoms with Gasteiger partial charge in [0.05, 0.1) is 0 Å². The van der Waals surface area contributed by atoms with Gasteiger partial charge in [-0.05, 0) is 99.6 Å². The molecule has 0 unspecified atom stereocenters. The second-order valence-electron chi connectivity index (χ2n) is 7.36. The van der Waals surface area contributed by atoms with Crippen LogP contribution in [0.5, 0.6) is 0 Å². The van der Waals surface area contributed by atoms with E-state index in [2.05, 4.69) is 64.1 Å². The maximum absolute atomic E-state index is 5.80. The van der Waals surface area contributed by atoms with Gasteiger partial charge in [0.1, 0.15) is 0 Å². The number of benzene rings is 2. The molecule has 0 saturated carbocycles. The van der Waals surface area contributed by atoms with Crippen molar-refractivity contribution < 1.29 is 4.74 Å². The molecule has 0 heterocycles. The van der Waals surface area contributed by atoms with Crippen molar-refractivity contribution in [3.05, 3.63) is 69.8 Å². The molecule has 1 heteroatoms. The van der Waals surface area contributed by atoms with Crippen molar-refractivity contribution in [3.63, 3.8) is 0 Å². The number of unbranched alkanes of at least 4 members (excludes halogenated alkanes) is 2. The summed E-state index contributed by atoms with van der Waals surface area (Å²) in [4.78, 5) is 0. The molecular weight excluding hydrogens is 304 g/mol. The van der Waals surface area contributed by atoms with E-state index in [4.69, 9.17) is 4.74 Å². The summed E-state index contributed by atoms with van der Waals surface area (Å²) in [6.07, 6.45) is 7.07. The lowest BCUT2D eigenvalue weighted by atomic mass is 10.0. The van der Waals surface area contributed by atoms with Gasteiger partial charge in [0.2, 0.25) is 0 Å². The summed E-state index contributed by atoms with van der Waals surface area (Å²) in [5, 5.41) is 0. The number of hydrogen-bond acceptors (Lipinski definition) is 1. The van der Waals surface area contributed by atoms with E-state index >= 15 is 0 Å². The number of hydrogen-bond donors (Lipinski definition) is 0. The van der Waals surface area contributed by atoms with E-state index in [0.717, 1.165) is 38.9 Å². The zero-order valence-electron chi connectivity index (χ0n) is 16.5. The van der Waals surface area contributed by atoms with Crippen LogP contribution in [-0.2, 0) is 17.6 Å². The Hall–Kier alpha value is -1.60. The fourth-order valence-electron chi connectivity index (χ4n) is 3.09. The van der Waals surface area contributed by atoms with Crippen LogP contribution in [0.15, 0.2) is 36.4 Å². The molecule has 0 fully saturated rings. The van der Waals surface area contributed by atoms with E-state index in [0.29, 0.717) is 0 Å². The van der Waals surface area contributed by atoms with Crippen LogP contribution in [0, 0.1) is 27.7 Å². The maximum atomic E-state index is 5.80. The zero-order chi connectivity index (χ0) is 18.1. The molecule has 0 amide bonds. The quantitative estimate of drug-likeness (QED) is 0.463. The van der Waals surface area contributed by atoms with Crippen molar-refractivity contribution in [2.24, 2.45) is 0 Å². The van der Waals surface area contributed by atoms with Crippen LogP contribution in [0.25, 0.3) is 0 Å². The first kappa shape index (κ1) is 19.7. The fraction of sp³-hybridized carbons (Fsp3) is 0.500. The largest absolute Gasteiger partial charge is 0.381 e. The highest BCUT2D eigenvalue weighted by atomic mass is 16.5. The highest BCUT2D eigenvalue weighted by Crippen LogP contribution is 2.13. The normalized spacial score (nSPS) is 11.0. The van der Waals surface area contributed by atoms with Crippen LogP contribution in [0.1, 0.15) is 59.1 Å². The van der Waals surface area contributed by atoms with Crippen molar-refractivity contribution in [1.29, 1.82) is 0 Å². The Morgan fingerprint density at radius 1 is 0.560 bits per heavy atom. The van der Waals surface area contributed by atoms with Gasteiger partial charge in [-0.3, -0.25) is 0 Å². The molecule has 2 aromatic carbocycles. The molecule has 0 aliphatic rings. The third kappa shape index (κ3) is 7.04. The minimum Gasteiger partial charge on any atom is -0.381 e. The summed E-state index contributed by atoms with van der Waals surface area (Å²) in [5.74, 6) is 0. The predicted molar refractivity (Wildman–Crippen MR) is 109 cm³/mol. The summed E-state index contributed by atoms with van der Waals surface area (Å²) < 4.78 is 5.80. The van der Waals surface area contributed by atoms with E-state index in [1.807, 2.05) is 0 Å². The molecule has 0 aliphatic carbocycles. The van der Waals surface area contributed by atoms with E-state index in [9.17, 15) is 0 Å². The molecule has 0 bridgehead atoms. The lowest BCUT2D eigenvalue weighted by Crippen LogP contribution is -1.99. The van der Waals surface area contributed by atoms with Crippen LogP contribution in [-0.4, -0.2) is 13.2 Å². The fourth-order valence-corrected chi connectivity index (χ4v) is 3.09. The monoisotopic (exact) mass is 338 g/mol. The van der Waals surface area contributed by atoms with E-state index in [-0.39, 0.29) is 0 Å². The Kier molecular flexibility index (Phi) is 8.21. The summed E-state index contributed by atoms with van der Waals surface area (Å²) in [6, 6.07) is 13.6. The Balaban J connectivity index is 1.49. The molecular formula is C24H34O. The van der Waals surface area contributed by atoms with Gasteiger partial charge in [0.15, 0.2) is 0 Å². The average molecular weight is 339 g/mol. The van der Waals surface area contributed by atoms with Crippen molar-refractivity contribution in [2.45, 2.75) is 66.2 Å². The smallest absolute Gasteiger partial charge is 0.0466 e. The van der Waals surface area contributed by atoms with Gasteiger partial charge in [-0.2, -0.15) is 0 Å². The molecule has 2 rings (SSSR count). The third-order valence-electron chi connectivity index (χ3n) is 5.15. The molecule has 25 heavy (non-hydrogen) atoms. The maximum Gasteiger partial charge on any atom is 0.0466 e. The topological polar surface area (TPSA) is 9.23 Å². The Labute approximate surface area is 154 Å². The molecule has 0 spiro atoms. The highest BCUT2D eigenvalue weighted by Gasteiger charge is 1.99. The first-order valence-corrected chi connectivity index (χ1v) is 9.76. The van der Waals surface area contributed by atoms with Crippen LogP contribution in [0.4, 0.5) is 0 Å². The van der Waals surface area contributed by atoms with Gasteiger partial charge >= 0.3 is 0 Å². The summed E-state index contributed by atoms with van der Waals surface area (Å²) >= 11 is 0. The molecule has 1 nitrogen and oxygen atoms in total. The molecule has 0 aromatic heterocycles. The van der Waals surface area contributed by atoms with E-state index in [1.165, 1.54) is 46.2 Å². The third-order valence-corrected chi connectivity index (χ3v) is 5.15. The number of ether oxygens (including phenoxy) is 1. The second-order valence-corrected chi connectivity index (χ2v) is 7.36. The summed E-state index contributed by atoms with van der Waals surface area (Å²) in [5.41, 5.74) is 8.48. The van der Waals surface area contributed by atoms with E-state index < -0.39 is 0 Å². The molecule has 2 aromatic rings. The molecule has 0 atom stereocenters. The average Bonchev–Trinajstić information content (AvgIpc) is 2.59. The Morgan fingerprint density at radius 2 is 1.00 bits per heavy atom. The lowest BCUT2D eigenvalue weighted by Gasteiger charge is -2.07. The molecule has 0 aliphatic heterocycles. The number of rotatable bonds is 10. The van der Waals surface area contributed by atoms with Crippen molar-refractivity contribution >= 4 is 0 Å². The summed E-state index contributed by atoms with van der Waals surface area (Å²) in [6.45, 7) is 10.5. The van der Waals surface area contributed by atoms with Crippen LogP contribution >= 0.6 is 0 Å². The molecule has 136 valence electrons. The lowest BCUT2D eigenvalue weighted by molar-refractivity contribution is 0.127. The standard InChI is InChI=1S/C24H34O/c1-19-11-13-23(17-21(19)3)9-5-7-15-25-16-8-6-10-24-14-12-20(2)22(4)18-24/h11-14,17-18H,5-10,15-16H2,1-4H3. The van der Waals surface area contributed by atoms with Crippen LogP contribution in [0.2, 0.25) is 0 Å². The van der Waals surface area contributed by atoms with Gasteiger partial charge in [-0.15, -0.1) is 0 Å². The zero-order valence-corrected chi connectivity index (χ0v) is 16.5. The van der Waals surface area contributed by atoms with Crippen LogP contribution < -0.4 is 0 Å². The number of aryl methyl sites for hydroxylation is 6. The second kappa shape index (κ2) is 10.4. The Morgan fingerprint density at radius 3 is 1.40 bits per heavy atom. The van der Waals surface area contributed by atoms with Gasteiger partial charge in [0.25, 0.3) is 0 Å². The minimum absolute atomic E-state index is 0.897. The van der Waals surface area contributed by atoms with Gasteiger partial charge in [0, 0.05) is 13.2 Å². The van der Waals surface area contributed by atoms with Crippen molar-refractivity contribution in [3.8, 4) is 0 Å². The molecule has 0 radical (unpaired) electrons. The van der Waals surface area contributed by atoms with Gasteiger partial charge in [-0.25, -0.2) is 0 Å². The van der Waals surface area contributed by atoms with Crippen LogP contribution in [0.3, 0.4) is 0 Å². The predicted octanol–water partition coefficient (Wildman–Crippen LogP) is 6.28. The Bertz CT molecular complexity index is 600. The SMILES string of the molecule is Cc1ccc(CCCCOCCCCc2ccc(C)c(C)c2)cc1C. The highest BCUT2D eigenvalue weighted by molar-refractivity contribution is 5.30. The van der Waals surface area contributed by atoms with Gasteiger partial charge < -0.3 is 4.74 Å².